The molecule has 0 amide bonds. The van der Waals surface area contributed by atoms with E-state index in [4.69, 9.17) is 23.6 Å². The molecular weight excluding hydrogens is 585 g/mol. The molecule has 10 nitrogen and oxygen atoms in total. The van der Waals surface area contributed by atoms with Gasteiger partial charge in [0.2, 0.25) is 0 Å². The molecule has 0 saturated carbocycles. The van der Waals surface area contributed by atoms with E-state index in [0.29, 0.717) is 30.3 Å². The lowest BCUT2D eigenvalue weighted by molar-refractivity contribution is -0.870. The van der Waals surface area contributed by atoms with E-state index in [9.17, 15) is 19.0 Å². The number of esters is 2. The van der Waals surface area contributed by atoms with E-state index in [0.717, 1.165) is 25.5 Å². The number of hydrogen-bond donors (Lipinski definition) is 2. The van der Waals surface area contributed by atoms with Gasteiger partial charge in [0.25, 0.3) is 0 Å². The number of nitrogens with zero attached hydrogens (tertiary/aromatic N) is 1. The van der Waals surface area contributed by atoms with Gasteiger partial charge in [-0.3, -0.25) is 18.6 Å². The SMILES string of the molecule is CCCCCCCCCCCCCCCCCC(=O)OC[C@H](COP(=O)(O)OCC[N+](C)(C)C)OC(=O)CCCC/C=C/O. The van der Waals surface area contributed by atoms with Crippen LogP contribution in [0, 0.1) is 0 Å². The van der Waals surface area contributed by atoms with Crippen LogP contribution in [0.4, 0.5) is 0 Å². The summed E-state index contributed by atoms with van der Waals surface area (Å²) >= 11 is 0. The lowest BCUT2D eigenvalue weighted by Gasteiger charge is -2.24. The molecule has 0 aliphatic carbocycles. The number of quaternary nitrogens is 1. The van der Waals surface area contributed by atoms with E-state index in [1.807, 2.05) is 21.1 Å². The number of hydrogen-bond acceptors (Lipinski definition) is 8. The highest BCUT2D eigenvalue weighted by atomic mass is 31.2. The topological polar surface area (TPSA) is 129 Å². The second-order valence-electron chi connectivity index (χ2n) is 12.7. The zero-order chi connectivity index (χ0) is 32.9. The van der Waals surface area contributed by atoms with Gasteiger partial charge in [-0.05, 0) is 25.7 Å². The number of carbonyl (C=O) groups excluding carboxylic acids is 2. The third-order valence-electron chi connectivity index (χ3n) is 7.26. The number of phosphoric acid groups is 1. The second-order valence-corrected chi connectivity index (χ2v) is 14.2. The molecular formula is C33H65NO9P+. The highest BCUT2D eigenvalue weighted by molar-refractivity contribution is 7.47. The number of aliphatic hydroxyl groups is 1. The van der Waals surface area contributed by atoms with Gasteiger partial charge in [0.15, 0.2) is 6.10 Å². The summed E-state index contributed by atoms with van der Waals surface area (Å²) in [6, 6.07) is 0. The molecule has 44 heavy (non-hydrogen) atoms. The molecule has 0 aliphatic rings. The normalized spacial score (nSPS) is 14.0. The maximum absolute atomic E-state index is 12.3. The Labute approximate surface area is 268 Å². The monoisotopic (exact) mass is 650 g/mol. The third kappa shape index (κ3) is 30.6. The van der Waals surface area contributed by atoms with Crippen molar-refractivity contribution < 1.29 is 47.2 Å². The third-order valence-corrected chi connectivity index (χ3v) is 8.24. The Bertz CT molecular complexity index is 786. The van der Waals surface area contributed by atoms with Crippen LogP contribution in [0.3, 0.4) is 0 Å². The highest BCUT2D eigenvalue weighted by Gasteiger charge is 2.27. The maximum Gasteiger partial charge on any atom is 0.472 e. The molecule has 0 aromatic heterocycles. The lowest BCUT2D eigenvalue weighted by Crippen LogP contribution is -2.37. The highest BCUT2D eigenvalue weighted by Crippen LogP contribution is 2.43. The summed E-state index contributed by atoms with van der Waals surface area (Å²) in [6.45, 7) is 2.05. The Hall–Kier alpha value is -1.45. The molecule has 260 valence electrons. The lowest BCUT2D eigenvalue weighted by atomic mass is 10.0. The molecule has 0 spiro atoms. The summed E-state index contributed by atoms with van der Waals surface area (Å²) in [6.07, 6.45) is 22.4. The fraction of sp³-hybridized carbons (Fsp3) is 0.879. The Kier molecular flexibility index (Phi) is 26.9. The standard InChI is InChI=1S/C33H64NO9P/c1-5-6-7-8-9-10-11-12-13-14-15-16-17-18-21-24-32(36)40-29-31(43-33(37)25-22-19-20-23-27-35)30-42-44(38,39)41-28-26-34(2,3)4/h23,27,31H,5-22,24-26,28-30H2,1-4H3,(H-,35,38,39)/p+1/b27-23+/t31-/m1/s1. The minimum absolute atomic E-state index is 0.0122. The van der Waals surface area contributed by atoms with E-state index in [-0.39, 0.29) is 26.1 Å². The summed E-state index contributed by atoms with van der Waals surface area (Å²) < 4.78 is 33.6. The predicted molar refractivity (Wildman–Crippen MR) is 175 cm³/mol. The van der Waals surface area contributed by atoms with Crippen LogP contribution in [0.25, 0.3) is 0 Å². The van der Waals surface area contributed by atoms with Gasteiger partial charge in [-0.1, -0.05) is 103 Å². The van der Waals surface area contributed by atoms with Gasteiger partial charge in [0, 0.05) is 12.8 Å². The molecule has 0 radical (unpaired) electrons. The van der Waals surface area contributed by atoms with Crippen LogP contribution in [0.15, 0.2) is 12.3 Å². The van der Waals surface area contributed by atoms with Gasteiger partial charge in [0.1, 0.15) is 19.8 Å². The first-order valence-corrected chi connectivity index (χ1v) is 18.5. The Morgan fingerprint density at radius 3 is 1.75 bits per heavy atom. The van der Waals surface area contributed by atoms with E-state index >= 15 is 0 Å². The number of carbonyl (C=O) groups is 2. The van der Waals surface area contributed by atoms with Crippen molar-refractivity contribution in [2.45, 2.75) is 141 Å². The average Bonchev–Trinajstić information content (AvgIpc) is 2.95. The summed E-state index contributed by atoms with van der Waals surface area (Å²) in [4.78, 5) is 34.7. The van der Waals surface area contributed by atoms with Crippen molar-refractivity contribution in [3.8, 4) is 0 Å². The maximum atomic E-state index is 12.3. The van der Waals surface area contributed by atoms with Crippen LogP contribution < -0.4 is 0 Å². The molecule has 0 aromatic rings. The van der Waals surface area contributed by atoms with Gasteiger partial charge in [-0.25, -0.2) is 4.57 Å². The molecule has 11 heteroatoms. The molecule has 0 rings (SSSR count). The fourth-order valence-corrected chi connectivity index (χ4v) is 5.25. The summed E-state index contributed by atoms with van der Waals surface area (Å²) in [7, 11) is 1.40. The summed E-state index contributed by atoms with van der Waals surface area (Å²) in [5.74, 6) is -0.924. The van der Waals surface area contributed by atoms with Crippen LogP contribution in [0.1, 0.15) is 135 Å². The van der Waals surface area contributed by atoms with E-state index in [1.54, 1.807) is 6.08 Å². The van der Waals surface area contributed by atoms with Crippen molar-refractivity contribution in [3.05, 3.63) is 12.3 Å². The first-order chi connectivity index (χ1) is 21.0. The van der Waals surface area contributed by atoms with Gasteiger partial charge in [-0.2, -0.15) is 0 Å². The summed E-state index contributed by atoms with van der Waals surface area (Å²) in [5.41, 5.74) is 0. The first-order valence-electron chi connectivity index (χ1n) is 17.1. The number of aliphatic hydroxyl groups excluding tert-OH is 1. The molecule has 2 atom stereocenters. The quantitative estimate of drug-likeness (QED) is 0.0251. The molecule has 0 heterocycles. The van der Waals surface area contributed by atoms with Crippen LogP contribution in [0.2, 0.25) is 0 Å². The van der Waals surface area contributed by atoms with Gasteiger partial charge in [-0.15, -0.1) is 0 Å². The molecule has 1 unspecified atom stereocenters. The molecule has 0 bridgehead atoms. The number of phosphoric ester groups is 1. The van der Waals surface area contributed by atoms with Crippen molar-refractivity contribution in [1.82, 2.24) is 0 Å². The number of rotatable bonds is 31. The van der Waals surface area contributed by atoms with Crippen molar-refractivity contribution in [2.24, 2.45) is 0 Å². The number of unbranched alkanes of at least 4 members (excludes halogenated alkanes) is 16. The fourth-order valence-electron chi connectivity index (χ4n) is 4.51. The van der Waals surface area contributed by atoms with Crippen LogP contribution >= 0.6 is 7.82 Å². The zero-order valence-electron chi connectivity index (χ0n) is 28.3. The smallest absolute Gasteiger partial charge is 0.472 e. The van der Waals surface area contributed by atoms with Gasteiger partial charge in [0.05, 0.1) is 34.0 Å². The van der Waals surface area contributed by atoms with Gasteiger partial charge < -0.3 is 24.0 Å². The molecule has 2 N–H and O–H groups in total. The van der Waals surface area contributed by atoms with Crippen molar-refractivity contribution in [2.75, 3.05) is 47.5 Å². The first kappa shape index (κ1) is 42.6. The number of ether oxygens (including phenoxy) is 2. The molecule has 0 aromatic carbocycles. The number of allylic oxidation sites excluding steroid dienone is 1. The Morgan fingerprint density at radius 2 is 1.23 bits per heavy atom. The van der Waals surface area contributed by atoms with Crippen molar-refractivity contribution >= 4 is 19.8 Å². The number of likely N-dealkylation sites (N-methyl/N-ethyl adjacent to an activating group) is 1. The van der Waals surface area contributed by atoms with Gasteiger partial charge >= 0.3 is 19.8 Å². The molecule has 0 fully saturated rings. The van der Waals surface area contributed by atoms with Crippen molar-refractivity contribution in [1.29, 1.82) is 0 Å². The molecule has 0 saturated heterocycles. The Balaban J connectivity index is 4.28. The Morgan fingerprint density at radius 1 is 0.727 bits per heavy atom. The zero-order valence-corrected chi connectivity index (χ0v) is 29.2. The average molecular weight is 651 g/mol. The second kappa shape index (κ2) is 27.8. The van der Waals surface area contributed by atoms with E-state index in [1.165, 1.54) is 77.0 Å². The largest absolute Gasteiger partial charge is 0.516 e. The summed E-state index contributed by atoms with van der Waals surface area (Å²) in [5, 5.41) is 8.70. The van der Waals surface area contributed by atoms with Crippen molar-refractivity contribution in [3.63, 3.8) is 0 Å². The van der Waals surface area contributed by atoms with Crippen LogP contribution in [0.5, 0.6) is 0 Å². The minimum atomic E-state index is -4.38. The van der Waals surface area contributed by atoms with Crippen LogP contribution in [-0.4, -0.2) is 80.0 Å². The van der Waals surface area contributed by atoms with E-state index in [2.05, 4.69) is 6.92 Å². The van der Waals surface area contributed by atoms with E-state index < -0.39 is 32.5 Å². The molecule has 0 aliphatic heterocycles. The predicted octanol–water partition coefficient (Wildman–Crippen LogP) is 8.17. The minimum Gasteiger partial charge on any atom is -0.516 e. The van der Waals surface area contributed by atoms with Crippen LogP contribution in [-0.2, 0) is 32.7 Å².